The third-order valence-electron chi connectivity index (χ3n) is 3.47. The summed E-state index contributed by atoms with van der Waals surface area (Å²) in [5.41, 5.74) is -0.798. The molecule has 5 nitrogen and oxygen atoms in total. The molecule has 16 heavy (non-hydrogen) atoms. The monoisotopic (exact) mass is 225 g/mol. The van der Waals surface area contributed by atoms with E-state index in [0.29, 0.717) is 6.42 Å². The highest BCUT2D eigenvalue weighted by molar-refractivity contribution is 5.74. The van der Waals surface area contributed by atoms with Crippen LogP contribution in [0.2, 0.25) is 0 Å². The van der Waals surface area contributed by atoms with Gasteiger partial charge in [0.15, 0.2) is 0 Å². The molecule has 1 aromatic heterocycles. The Labute approximate surface area is 95.5 Å². The third-order valence-corrected chi connectivity index (χ3v) is 3.47. The van der Waals surface area contributed by atoms with E-state index in [1.807, 2.05) is 32.4 Å². The van der Waals surface area contributed by atoms with Crippen LogP contribution < -0.4 is 0 Å². The summed E-state index contributed by atoms with van der Waals surface area (Å²) in [6.07, 6.45) is 0.400. The first kappa shape index (κ1) is 12.7. The molecule has 1 heterocycles. The number of aliphatic carboxylic acids is 1. The molecule has 0 aromatic carbocycles. The molecule has 0 saturated carbocycles. The van der Waals surface area contributed by atoms with Crippen molar-refractivity contribution in [3.63, 3.8) is 0 Å². The zero-order valence-corrected chi connectivity index (χ0v) is 10.5. The highest BCUT2D eigenvalue weighted by atomic mass is 16.4. The maximum atomic E-state index is 11.3. The lowest BCUT2D eigenvalue weighted by Crippen LogP contribution is -2.36. The van der Waals surface area contributed by atoms with Gasteiger partial charge in [-0.25, -0.2) is 0 Å². The molecule has 0 spiro atoms. The van der Waals surface area contributed by atoms with E-state index >= 15 is 0 Å². The minimum atomic E-state index is -0.798. The Kier molecular flexibility index (Phi) is 3.35. The second-order valence-electron chi connectivity index (χ2n) is 4.78. The molecule has 90 valence electrons. The lowest BCUT2D eigenvalue weighted by atomic mass is 9.76. The quantitative estimate of drug-likeness (QED) is 0.841. The van der Waals surface area contributed by atoms with Gasteiger partial charge in [0.25, 0.3) is 0 Å². The summed E-state index contributed by atoms with van der Waals surface area (Å²) in [7, 11) is 1.85. The van der Waals surface area contributed by atoms with Gasteiger partial charge >= 0.3 is 5.97 Å². The fourth-order valence-electron chi connectivity index (χ4n) is 1.46. The van der Waals surface area contributed by atoms with Crippen LogP contribution in [0.4, 0.5) is 0 Å². The molecule has 0 aliphatic rings. The first-order chi connectivity index (χ1) is 7.29. The molecule has 0 radical (unpaired) electrons. The zero-order valence-electron chi connectivity index (χ0n) is 10.5. The van der Waals surface area contributed by atoms with E-state index in [2.05, 4.69) is 10.2 Å². The molecule has 1 rings (SSSR count). The number of nitrogens with zero attached hydrogens (tertiary/aromatic N) is 3. The van der Waals surface area contributed by atoms with Crippen molar-refractivity contribution in [3.05, 3.63) is 11.6 Å². The molecule has 1 aromatic rings. The van der Waals surface area contributed by atoms with Crippen LogP contribution in [0, 0.1) is 18.3 Å². The van der Waals surface area contributed by atoms with Crippen molar-refractivity contribution >= 4 is 5.97 Å². The van der Waals surface area contributed by atoms with Gasteiger partial charge in [0, 0.05) is 13.5 Å². The Balaban J connectivity index is 3.02. The Morgan fingerprint density at radius 3 is 2.38 bits per heavy atom. The number of carbonyl (C=O) groups is 1. The minimum absolute atomic E-state index is 0.0435. The van der Waals surface area contributed by atoms with Crippen LogP contribution in [0.5, 0.6) is 0 Å². The lowest BCUT2D eigenvalue weighted by Gasteiger charge is -2.28. The predicted octanol–water partition coefficient (Wildman–Crippen LogP) is 1.41. The van der Waals surface area contributed by atoms with Crippen molar-refractivity contribution in [3.8, 4) is 0 Å². The summed E-state index contributed by atoms with van der Waals surface area (Å²) in [5, 5.41) is 17.3. The van der Waals surface area contributed by atoms with Gasteiger partial charge < -0.3 is 9.67 Å². The standard InChI is InChI=1S/C11H19N3O2/c1-7(2)11(4,10(15)16)6-9-13-12-8(3)14(9)5/h7H,6H2,1-5H3,(H,15,16). The van der Waals surface area contributed by atoms with E-state index in [4.69, 9.17) is 0 Å². The topological polar surface area (TPSA) is 68.0 Å². The molecule has 0 amide bonds. The van der Waals surface area contributed by atoms with Gasteiger partial charge in [-0.2, -0.15) is 0 Å². The van der Waals surface area contributed by atoms with Gasteiger partial charge in [0.05, 0.1) is 5.41 Å². The number of carboxylic acids is 1. The fraction of sp³-hybridized carbons (Fsp3) is 0.727. The van der Waals surface area contributed by atoms with Gasteiger partial charge in [-0.15, -0.1) is 10.2 Å². The van der Waals surface area contributed by atoms with E-state index in [1.165, 1.54) is 0 Å². The maximum absolute atomic E-state index is 11.3. The van der Waals surface area contributed by atoms with Crippen molar-refractivity contribution in [2.75, 3.05) is 0 Å². The molecular weight excluding hydrogens is 206 g/mol. The van der Waals surface area contributed by atoms with Crippen LogP contribution in [0.25, 0.3) is 0 Å². The van der Waals surface area contributed by atoms with Crippen molar-refractivity contribution in [1.29, 1.82) is 0 Å². The molecule has 0 fully saturated rings. The predicted molar refractivity (Wildman–Crippen MR) is 60.0 cm³/mol. The summed E-state index contributed by atoms with van der Waals surface area (Å²) in [5.74, 6) is 0.771. The number of hydrogen-bond acceptors (Lipinski definition) is 3. The van der Waals surface area contributed by atoms with Crippen LogP contribution in [0.1, 0.15) is 32.4 Å². The molecule has 5 heteroatoms. The van der Waals surface area contributed by atoms with Gasteiger partial charge in [0.2, 0.25) is 0 Å². The highest BCUT2D eigenvalue weighted by Crippen LogP contribution is 2.31. The second-order valence-corrected chi connectivity index (χ2v) is 4.78. The van der Waals surface area contributed by atoms with E-state index in [0.717, 1.165) is 11.6 Å². The van der Waals surface area contributed by atoms with Crippen LogP contribution in [0.3, 0.4) is 0 Å². The molecule has 0 aliphatic heterocycles. The summed E-state index contributed by atoms with van der Waals surface area (Å²) >= 11 is 0. The van der Waals surface area contributed by atoms with E-state index in [9.17, 15) is 9.90 Å². The summed E-state index contributed by atoms with van der Waals surface area (Å²) in [6, 6.07) is 0. The molecule has 1 atom stereocenters. The van der Waals surface area contributed by atoms with E-state index < -0.39 is 11.4 Å². The van der Waals surface area contributed by atoms with Crippen LogP contribution in [-0.4, -0.2) is 25.8 Å². The van der Waals surface area contributed by atoms with Crippen molar-refractivity contribution in [2.24, 2.45) is 18.4 Å². The average molecular weight is 225 g/mol. The Morgan fingerprint density at radius 2 is 2.06 bits per heavy atom. The first-order valence-corrected chi connectivity index (χ1v) is 5.37. The molecule has 1 N–H and O–H groups in total. The molecular formula is C11H19N3O2. The molecule has 0 saturated heterocycles. The largest absolute Gasteiger partial charge is 0.481 e. The Bertz CT molecular complexity index is 398. The first-order valence-electron chi connectivity index (χ1n) is 5.37. The number of rotatable bonds is 4. The number of carboxylic acid groups (broad SMARTS) is 1. The minimum Gasteiger partial charge on any atom is -0.481 e. The normalized spacial score (nSPS) is 15.1. The number of aryl methyl sites for hydroxylation is 1. The Morgan fingerprint density at radius 1 is 1.50 bits per heavy atom. The fourth-order valence-corrected chi connectivity index (χ4v) is 1.46. The van der Waals surface area contributed by atoms with Gasteiger partial charge in [0.1, 0.15) is 11.6 Å². The highest BCUT2D eigenvalue weighted by Gasteiger charge is 2.38. The van der Waals surface area contributed by atoms with Crippen LogP contribution >= 0.6 is 0 Å². The summed E-state index contributed by atoms with van der Waals surface area (Å²) < 4.78 is 1.84. The Hall–Kier alpha value is -1.39. The van der Waals surface area contributed by atoms with Crippen LogP contribution in [0.15, 0.2) is 0 Å². The summed E-state index contributed by atoms with van der Waals surface area (Å²) in [4.78, 5) is 11.3. The summed E-state index contributed by atoms with van der Waals surface area (Å²) in [6.45, 7) is 7.43. The van der Waals surface area contributed by atoms with Gasteiger partial charge in [-0.05, 0) is 19.8 Å². The SMILES string of the molecule is Cc1nnc(CC(C)(C(=O)O)C(C)C)n1C. The van der Waals surface area contributed by atoms with Crippen molar-refractivity contribution in [1.82, 2.24) is 14.8 Å². The molecule has 0 aliphatic carbocycles. The number of hydrogen-bond donors (Lipinski definition) is 1. The maximum Gasteiger partial charge on any atom is 0.310 e. The van der Waals surface area contributed by atoms with Crippen molar-refractivity contribution in [2.45, 2.75) is 34.1 Å². The zero-order chi connectivity index (χ0) is 12.5. The number of aromatic nitrogens is 3. The van der Waals surface area contributed by atoms with Crippen LogP contribution in [-0.2, 0) is 18.3 Å². The van der Waals surface area contributed by atoms with E-state index in [-0.39, 0.29) is 5.92 Å². The molecule has 0 bridgehead atoms. The molecule has 1 unspecified atom stereocenters. The third kappa shape index (κ3) is 2.08. The smallest absolute Gasteiger partial charge is 0.310 e. The van der Waals surface area contributed by atoms with E-state index in [1.54, 1.807) is 6.92 Å². The van der Waals surface area contributed by atoms with Gasteiger partial charge in [-0.1, -0.05) is 13.8 Å². The second kappa shape index (κ2) is 4.23. The van der Waals surface area contributed by atoms with Crippen molar-refractivity contribution < 1.29 is 9.90 Å². The average Bonchev–Trinajstić information content (AvgIpc) is 2.49. The van der Waals surface area contributed by atoms with Gasteiger partial charge in [-0.3, -0.25) is 4.79 Å². The lowest BCUT2D eigenvalue weighted by molar-refractivity contribution is -0.150.